The van der Waals surface area contributed by atoms with Crippen molar-refractivity contribution in [2.75, 3.05) is 6.54 Å². The SMILES string of the molecule is CC1NC(=O)C(C)N(CCC2CCC2)C1=O. The van der Waals surface area contributed by atoms with Crippen molar-refractivity contribution in [3.8, 4) is 0 Å². The van der Waals surface area contributed by atoms with Gasteiger partial charge in [-0.1, -0.05) is 19.3 Å². The van der Waals surface area contributed by atoms with Crippen molar-refractivity contribution in [1.29, 1.82) is 0 Å². The molecule has 1 N–H and O–H groups in total. The van der Waals surface area contributed by atoms with E-state index in [1.165, 1.54) is 19.3 Å². The summed E-state index contributed by atoms with van der Waals surface area (Å²) in [5, 5.41) is 2.69. The van der Waals surface area contributed by atoms with Gasteiger partial charge in [-0.25, -0.2) is 0 Å². The summed E-state index contributed by atoms with van der Waals surface area (Å²) in [6.45, 7) is 4.30. The highest BCUT2D eigenvalue weighted by atomic mass is 16.2. The second-order valence-corrected chi connectivity index (χ2v) is 5.02. The highest BCUT2D eigenvalue weighted by Crippen LogP contribution is 2.29. The van der Waals surface area contributed by atoms with Gasteiger partial charge in [-0.05, 0) is 26.2 Å². The molecule has 2 rings (SSSR count). The summed E-state index contributed by atoms with van der Waals surface area (Å²) in [6, 6.07) is -0.658. The van der Waals surface area contributed by atoms with Crippen LogP contribution in [-0.2, 0) is 9.59 Å². The standard InChI is InChI=1S/C12H20N2O2/c1-8-12(16)14(9(2)11(15)13-8)7-6-10-4-3-5-10/h8-10H,3-7H2,1-2H3,(H,13,15). The van der Waals surface area contributed by atoms with Gasteiger partial charge in [0.05, 0.1) is 0 Å². The Morgan fingerprint density at radius 3 is 2.56 bits per heavy atom. The maximum absolute atomic E-state index is 11.9. The first-order valence-electron chi connectivity index (χ1n) is 6.20. The molecule has 2 unspecified atom stereocenters. The molecule has 2 atom stereocenters. The summed E-state index contributed by atoms with van der Waals surface area (Å²) < 4.78 is 0. The molecule has 0 aromatic rings. The second-order valence-electron chi connectivity index (χ2n) is 5.02. The van der Waals surface area contributed by atoms with E-state index in [1.807, 2.05) is 0 Å². The van der Waals surface area contributed by atoms with Crippen LogP contribution < -0.4 is 5.32 Å². The Bertz CT molecular complexity index is 299. The van der Waals surface area contributed by atoms with E-state index >= 15 is 0 Å². The fraction of sp³-hybridized carbons (Fsp3) is 0.833. The Labute approximate surface area is 96.4 Å². The Balaban J connectivity index is 1.92. The summed E-state index contributed by atoms with van der Waals surface area (Å²) in [7, 11) is 0. The molecule has 4 heteroatoms. The number of amides is 2. The van der Waals surface area contributed by atoms with Gasteiger partial charge >= 0.3 is 0 Å². The normalized spacial score (nSPS) is 31.2. The largest absolute Gasteiger partial charge is 0.343 e. The zero-order valence-electron chi connectivity index (χ0n) is 10.0. The van der Waals surface area contributed by atoms with Crippen LogP contribution in [0.3, 0.4) is 0 Å². The Kier molecular flexibility index (Phi) is 3.17. The monoisotopic (exact) mass is 224 g/mol. The zero-order chi connectivity index (χ0) is 11.7. The van der Waals surface area contributed by atoms with Gasteiger partial charge in [0.15, 0.2) is 0 Å². The highest BCUT2D eigenvalue weighted by molar-refractivity contribution is 5.96. The zero-order valence-corrected chi connectivity index (χ0v) is 10.0. The van der Waals surface area contributed by atoms with Crippen LogP contribution in [0.15, 0.2) is 0 Å². The molecule has 1 heterocycles. The molecule has 90 valence electrons. The molecule has 2 amide bonds. The summed E-state index contributed by atoms with van der Waals surface area (Å²) in [5.74, 6) is 0.812. The number of hydrogen-bond donors (Lipinski definition) is 1. The van der Waals surface area contributed by atoms with Gasteiger partial charge in [-0.2, -0.15) is 0 Å². The average molecular weight is 224 g/mol. The molecule has 0 bridgehead atoms. The summed E-state index contributed by atoms with van der Waals surface area (Å²) in [5.41, 5.74) is 0. The molecule has 1 saturated carbocycles. The molecule has 1 aliphatic carbocycles. The van der Waals surface area contributed by atoms with Crippen LogP contribution in [-0.4, -0.2) is 35.3 Å². The first kappa shape index (κ1) is 11.4. The number of piperazine rings is 1. The predicted octanol–water partition coefficient (Wildman–Crippen LogP) is 0.912. The predicted molar refractivity (Wildman–Crippen MR) is 60.7 cm³/mol. The van der Waals surface area contributed by atoms with Crippen LogP contribution in [0.1, 0.15) is 39.5 Å². The van der Waals surface area contributed by atoms with E-state index in [1.54, 1.807) is 18.7 Å². The van der Waals surface area contributed by atoms with Gasteiger partial charge in [0.2, 0.25) is 11.8 Å². The van der Waals surface area contributed by atoms with Gasteiger partial charge in [0.1, 0.15) is 12.1 Å². The van der Waals surface area contributed by atoms with E-state index in [0.717, 1.165) is 18.9 Å². The van der Waals surface area contributed by atoms with Crippen LogP contribution in [0.4, 0.5) is 0 Å². The fourth-order valence-corrected chi connectivity index (χ4v) is 2.38. The quantitative estimate of drug-likeness (QED) is 0.774. The Morgan fingerprint density at radius 1 is 1.31 bits per heavy atom. The summed E-state index contributed by atoms with van der Waals surface area (Å²) in [4.78, 5) is 25.2. The highest BCUT2D eigenvalue weighted by Gasteiger charge is 2.35. The van der Waals surface area contributed by atoms with Gasteiger partial charge < -0.3 is 10.2 Å². The van der Waals surface area contributed by atoms with E-state index in [4.69, 9.17) is 0 Å². The Hall–Kier alpha value is -1.06. The third-order valence-electron chi connectivity index (χ3n) is 3.86. The number of hydrogen-bond acceptors (Lipinski definition) is 2. The molecule has 1 saturated heterocycles. The number of nitrogens with zero attached hydrogens (tertiary/aromatic N) is 1. The van der Waals surface area contributed by atoms with Crippen molar-refractivity contribution in [2.45, 2.75) is 51.6 Å². The summed E-state index contributed by atoms with van der Waals surface area (Å²) in [6.07, 6.45) is 4.96. The number of nitrogens with one attached hydrogen (secondary N) is 1. The van der Waals surface area contributed by atoms with Crippen molar-refractivity contribution in [3.05, 3.63) is 0 Å². The van der Waals surface area contributed by atoms with Gasteiger partial charge in [-0.3, -0.25) is 9.59 Å². The topological polar surface area (TPSA) is 49.4 Å². The molecule has 4 nitrogen and oxygen atoms in total. The van der Waals surface area contributed by atoms with Crippen LogP contribution in [0.2, 0.25) is 0 Å². The molecular weight excluding hydrogens is 204 g/mol. The van der Waals surface area contributed by atoms with Gasteiger partial charge in [0.25, 0.3) is 0 Å². The van der Waals surface area contributed by atoms with Crippen LogP contribution >= 0.6 is 0 Å². The van der Waals surface area contributed by atoms with E-state index < -0.39 is 0 Å². The maximum Gasteiger partial charge on any atom is 0.245 e. The second kappa shape index (κ2) is 4.44. The lowest BCUT2D eigenvalue weighted by molar-refractivity contribution is -0.148. The van der Waals surface area contributed by atoms with E-state index in [-0.39, 0.29) is 23.9 Å². The minimum atomic E-state index is -0.356. The Morgan fingerprint density at radius 2 is 2.00 bits per heavy atom. The molecular formula is C12H20N2O2. The smallest absolute Gasteiger partial charge is 0.245 e. The van der Waals surface area contributed by atoms with Crippen LogP contribution in [0, 0.1) is 5.92 Å². The fourth-order valence-electron chi connectivity index (χ4n) is 2.38. The third-order valence-corrected chi connectivity index (χ3v) is 3.86. The van der Waals surface area contributed by atoms with Crippen molar-refractivity contribution < 1.29 is 9.59 Å². The lowest BCUT2D eigenvalue weighted by Crippen LogP contribution is -2.61. The molecule has 1 aliphatic heterocycles. The molecule has 0 aromatic carbocycles. The van der Waals surface area contributed by atoms with E-state index in [2.05, 4.69) is 5.32 Å². The van der Waals surface area contributed by atoms with Crippen LogP contribution in [0.5, 0.6) is 0 Å². The molecule has 2 aliphatic rings. The van der Waals surface area contributed by atoms with E-state index in [0.29, 0.717) is 0 Å². The lowest BCUT2D eigenvalue weighted by Gasteiger charge is -2.37. The molecule has 0 aromatic heterocycles. The maximum atomic E-state index is 11.9. The minimum Gasteiger partial charge on any atom is -0.343 e. The molecule has 2 fully saturated rings. The van der Waals surface area contributed by atoms with Gasteiger partial charge in [0, 0.05) is 6.54 Å². The van der Waals surface area contributed by atoms with E-state index in [9.17, 15) is 9.59 Å². The average Bonchev–Trinajstić information content (AvgIpc) is 2.18. The molecule has 0 spiro atoms. The van der Waals surface area contributed by atoms with Crippen molar-refractivity contribution >= 4 is 11.8 Å². The number of carbonyl (C=O) groups excluding carboxylic acids is 2. The molecule has 16 heavy (non-hydrogen) atoms. The lowest BCUT2D eigenvalue weighted by atomic mass is 9.83. The number of rotatable bonds is 3. The van der Waals surface area contributed by atoms with Crippen molar-refractivity contribution in [1.82, 2.24) is 10.2 Å². The van der Waals surface area contributed by atoms with Crippen molar-refractivity contribution in [2.24, 2.45) is 5.92 Å². The van der Waals surface area contributed by atoms with Gasteiger partial charge in [-0.15, -0.1) is 0 Å². The minimum absolute atomic E-state index is 0.0271. The number of carbonyl (C=O) groups is 2. The third kappa shape index (κ3) is 2.06. The summed E-state index contributed by atoms with van der Waals surface area (Å²) >= 11 is 0. The molecule has 0 radical (unpaired) electrons. The first-order valence-corrected chi connectivity index (χ1v) is 6.20. The van der Waals surface area contributed by atoms with Crippen molar-refractivity contribution in [3.63, 3.8) is 0 Å². The van der Waals surface area contributed by atoms with Crippen LogP contribution in [0.25, 0.3) is 0 Å². The first-order chi connectivity index (χ1) is 7.59.